The normalized spacial score (nSPS) is 17.7. The largest absolute Gasteiger partial charge is 0.424 e. The van der Waals surface area contributed by atoms with E-state index in [0.717, 1.165) is 31.1 Å². The Kier molecular flexibility index (Phi) is 4.26. The molecular weight excluding hydrogens is 300 g/mol. The number of carbonyl (C=O) groups excluding carboxylic acids is 1. The molecule has 3 rings (SSSR count). The standard InChI is InChI=1S/C15H20N4O2S/c1-10-4-5-13(22-10)15(20)19-8-6-18(7-9-19)11(2)14-17-16-12(3)21-14/h4-5,11H,6-9H2,1-3H3/t11-/m1/s1. The molecule has 7 heteroatoms. The fourth-order valence-corrected chi connectivity index (χ4v) is 3.49. The molecule has 0 N–H and O–H groups in total. The second-order valence-electron chi connectivity index (χ2n) is 5.57. The molecule has 0 aliphatic carbocycles. The van der Waals surface area contributed by atoms with Gasteiger partial charge in [-0.3, -0.25) is 9.69 Å². The Morgan fingerprint density at radius 3 is 2.50 bits per heavy atom. The van der Waals surface area contributed by atoms with Gasteiger partial charge in [0.15, 0.2) is 0 Å². The maximum atomic E-state index is 12.4. The third-order valence-electron chi connectivity index (χ3n) is 4.00. The summed E-state index contributed by atoms with van der Waals surface area (Å²) < 4.78 is 5.50. The molecule has 2 aromatic rings. The van der Waals surface area contributed by atoms with Crippen LogP contribution in [0.3, 0.4) is 0 Å². The highest BCUT2D eigenvalue weighted by Crippen LogP contribution is 2.22. The van der Waals surface area contributed by atoms with Crippen LogP contribution in [0.5, 0.6) is 0 Å². The van der Waals surface area contributed by atoms with Gasteiger partial charge < -0.3 is 9.32 Å². The van der Waals surface area contributed by atoms with Crippen molar-refractivity contribution in [3.05, 3.63) is 33.7 Å². The smallest absolute Gasteiger partial charge is 0.264 e. The molecule has 0 aromatic carbocycles. The van der Waals surface area contributed by atoms with Crippen LogP contribution in [0.15, 0.2) is 16.5 Å². The topological polar surface area (TPSA) is 62.5 Å². The number of carbonyl (C=O) groups is 1. The lowest BCUT2D eigenvalue weighted by Crippen LogP contribution is -2.49. The van der Waals surface area contributed by atoms with Gasteiger partial charge in [0.2, 0.25) is 11.8 Å². The van der Waals surface area contributed by atoms with Crippen molar-refractivity contribution in [2.24, 2.45) is 0 Å². The van der Waals surface area contributed by atoms with Gasteiger partial charge in [-0.05, 0) is 26.0 Å². The van der Waals surface area contributed by atoms with Crippen LogP contribution in [-0.2, 0) is 0 Å². The van der Waals surface area contributed by atoms with E-state index in [2.05, 4.69) is 22.0 Å². The molecular formula is C15H20N4O2S. The van der Waals surface area contributed by atoms with Crippen LogP contribution in [0, 0.1) is 13.8 Å². The molecule has 1 saturated heterocycles. The van der Waals surface area contributed by atoms with E-state index < -0.39 is 0 Å². The maximum Gasteiger partial charge on any atom is 0.264 e. The van der Waals surface area contributed by atoms with E-state index >= 15 is 0 Å². The quantitative estimate of drug-likeness (QED) is 0.868. The van der Waals surface area contributed by atoms with E-state index in [-0.39, 0.29) is 11.9 Å². The lowest BCUT2D eigenvalue weighted by atomic mass is 10.2. The van der Waals surface area contributed by atoms with Crippen LogP contribution in [0.1, 0.15) is 39.3 Å². The van der Waals surface area contributed by atoms with Crippen molar-refractivity contribution >= 4 is 17.2 Å². The molecule has 1 atom stereocenters. The van der Waals surface area contributed by atoms with E-state index in [4.69, 9.17) is 4.42 Å². The summed E-state index contributed by atoms with van der Waals surface area (Å²) in [6, 6.07) is 3.99. The van der Waals surface area contributed by atoms with Crippen LogP contribution in [0.2, 0.25) is 0 Å². The van der Waals surface area contributed by atoms with Crippen molar-refractivity contribution < 1.29 is 9.21 Å². The number of nitrogens with zero attached hydrogens (tertiary/aromatic N) is 4. The van der Waals surface area contributed by atoms with Crippen LogP contribution < -0.4 is 0 Å². The van der Waals surface area contributed by atoms with E-state index in [9.17, 15) is 4.79 Å². The van der Waals surface area contributed by atoms with Crippen molar-refractivity contribution in [3.8, 4) is 0 Å². The minimum atomic E-state index is 0.0856. The van der Waals surface area contributed by atoms with Gasteiger partial charge in [-0.25, -0.2) is 0 Å². The van der Waals surface area contributed by atoms with Crippen molar-refractivity contribution in [2.45, 2.75) is 26.8 Å². The first-order chi connectivity index (χ1) is 10.5. The first-order valence-electron chi connectivity index (χ1n) is 7.44. The molecule has 6 nitrogen and oxygen atoms in total. The molecule has 0 bridgehead atoms. The highest BCUT2D eigenvalue weighted by molar-refractivity contribution is 7.13. The summed E-state index contributed by atoms with van der Waals surface area (Å²) in [6.07, 6.45) is 0. The summed E-state index contributed by atoms with van der Waals surface area (Å²) in [5.74, 6) is 1.37. The summed E-state index contributed by atoms with van der Waals surface area (Å²) in [5, 5.41) is 7.97. The Bertz CT molecular complexity index is 658. The van der Waals surface area contributed by atoms with E-state index in [1.54, 1.807) is 18.3 Å². The van der Waals surface area contributed by atoms with Gasteiger partial charge in [-0.15, -0.1) is 21.5 Å². The monoisotopic (exact) mass is 320 g/mol. The zero-order chi connectivity index (χ0) is 15.7. The first kappa shape index (κ1) is 15.2. The SMILES string of the molecule is Cc1nnc([C@@H](C)N2CCN(C(=O)c3ccc(C)s3)CC2)o1. The number of aromatic nitrogens is 2. The second kappa shape index (κ2) is 6.18. The van der Waals surface area contributed by atoms with E-state index in [1.807, 2.05) is 24.0 Å². The Morgan fingerprint density at radius 2 is 1.95 bits per heavy atom. The van der Waals surface area contributed by atoms with Gasteiger partial charge in [0.05, 0.1) is 10.9 Å². The summed E-state index contributed by atoms with van der Waals surface area (Å²) in [7, 11) is 0. The minimum absolute atomic E-state index is 0.0856. The molecule has 2 aromatic heterocycles. The van der Waals surface area contributed by atoms with Gasteiger partial charge in [-0.1, -0.05) is 0 Å². The molecule has 0 radical (unpaired) electrons. The Morgan fingerprint density at radius 1 is 1.23 bits per heavy atom. The molecule has 1 amide bonds. The third kappa shape index (κ3) is 3.05. The summed E-state index contributed by atoms with van der Waals surface area (Å²) in [5.41, 5.74) is 0. The van der Waals surface area contributed by atoms with Crippen molar-refractivity contribution in [1.29, 1.82) is 0 Å². The second-order valence-corrected chi connectivity index (χ2v) is 6.86. The fraction of sp³-hybridized carbons (Fsp3) is 0.533. The number of aryl methyl sites for hydroxylation is 2. The number of piperazine rings is 1. The zero-order valence-corrected chi connectivity index (χ0v) is 13.9. The minimum Gasteiger partial charge on any atom is -0.424 e. The van der Waals surface area contributed by atoms with E-state index in [1.165, 1.54) is 4.88 Å². The molecule has 3 heterocycles. The van der Waals surface area contributed by atoms with Gasteiger partial charge in [0.25, 0.3) is 5.91 Å². The average molecular weight is 320 g/mol. The number of hydrogen-bond donors (Lipinski definition) is 0. The van der Waals surface area contributed by atoms with Crippen molar-refractivity contribution in [2.75, 3.05) is 26.2 Å². The van der Waals surface area contributed by atoms with Crippen LogP contribution in [-0.4, -0.2) is 52.1 Å². The molecule has 22 heavy (non-hydrogen) atoms. The summed E-state index contributed by atoms with van der Waals surface area (Å²) >= 11 is 1.56. The Balaban J connectivity index is 1.59. The van der Waals surface area contributed by atoms with Gasteiger partial charge >= 0.3 is 0 Å². The molecule has 1 fully saturated rings. The average Bonchev–Trinajstić information content (AvgIpc) is 3.14. The molecule has 118 valence electrons. The van der Waals surface area contributed by atoms with Gasteiger partial charge in [0, 0.05) is 38.0 Å². The molecule has 0 saturated carbocycles. The van der Waals surface area contributed by atoms with Gasteiger partial charge in [-0.2, -0.15) is 0 Å². The molecule has 1 aliphatic heterocycles. The van der Waals surface area contributed by atoms with Crippen molar-refractivity contribution in [3.63, 3.8) is 0 Å². The lowest BCUT2D eigenvalue weighted by molar-refractivity contribution is 0.0562. The Labute approximate surface area is 133 Å². The summed E-state index contributed by atoms with van der Waals surface area (Å²) in [4.78, 5) is 18.6. The Hall–Kier alpha value is -1.73. The highest BCUT2D eigenvalue weighted by atomic mass is 32.1. The summed E-state index contributed by atoms with van der Waals surface area (Å²) in [6.45, 7) is 8.97. The first-order valence-corrected chi connectivity index (χ1v) is 8.26. The predicted octanol–water partition coefficient (Wildman–Crippen LogP) is 2.27. The predicted molar refractivity (Wildman–Crippen MR) is 84.0 cm³/mol. The molecule has 1 aliphatic rings. The number of thiophene rings is 1. The molecule has 0 spiro atoms. The molecule has 0 unspecified atom stereocenters. The van der Waals surface area contributed by atoms with Crippen LogP contribution >= 0.6 is 11.3 Å². The van der Waals surface area contributed by atoms with Crippen molar-refractivity contribution in [1.82, 2.24) is 20.0 Å². The zero-order valence-electron chi connectivity index (χ0n) is 13.1. The van der Waals surface area contributed by atoms with Crippen LogP contribution in [0.4, 0.5) is 0 Å². The third-order valence-corrected chi connectivity index (χ3v) is 4.99. The lowest BCUT2D eigenvalue weighted by Gasteiger charge is -2.36. The number of hydrogen-bond acceptors (Lipinski definition) is 6. The fourth-order valence-electron chi connectivity index (χ4n) is 2.65. The maximum absolute atomic E-state index is 12.4. The number of amides is 1. The van der Waals surface area contributed by atoms with Gasteiger partial charge in [0.1, 0.15) is 0 Å². The number of rotatable bonds is 3. The van der Waals surface area contributed by atoms with Crippen LogP contribution in [0.25, 0.3) is 0 Å². The van der Waals surface area contributed by atoms with E-state index in [0.29, 0.717) is 11.8 Å². The highest BCUT2D eigenvalue weighted by Gasteiger charge is 2.28.